The third-order valence-electron chi connectivity index (χ3n) is 0.827. The molecule has 0 aromatic rings. The van der Waals surface area contributed by atoms with Gasteiger partial charge in [-0.25, -0.2) is 0 Å². The molecule has 0 atom stereocenters. The van der Waals surface area contributed by atoms with Crippen molar-refractivity contribution in [3.8, 4) is 0 Å². The summed E-state index contributed by atoms with van der Waals surface area (Å²) in [7, 11) is 0. The van der Waals surface area contributed by atoms with Crippen LogP contribution in [0.1, 0.15) is 12.8 Å². The van der Waals surface area contributed by atoms with E-state index in [1.54, 1.807) is 0 Å². The molecule has 1 aliphatic heterocycles. The van der Waals surface area contributed by atoms with Crippen LogP contribution >= 0.6 is 28.9 Å². The Morgan fingerprint density at radius 2 is 1.40 bits per heavy atom. The minimum absolute atomic E-state index is 1.00. The van der Waals surface area contributed by atoms with Crippen molar-refractivity contribution in [1.82, 2.24) is 0 Å². The van der Waals surface area contributed by atoms with Crippen LogP contribution in [-0.2, 0) is 4.74 Å². The van der Waals surface area contributed by atoms with E-state index >= 15 is 0 Å². The predicted octanol–water partition coefficient (Wildman–Crippen LogP) is 1.92. The van der Waals surface area contributed by atoms with Crippen molar-refractivity contribution in [3.05, 3.63) is 0 Å². The topological polar surface area (TPSA) is 49.7 Å². The zero-order chi connectivity index (χ0) is 8.04. The summed E-state index contributed by atoms with van der Waals surface area (Å²) in [6.45, 7) is 2.00. The van der Waals surface area contributed by atoms with Gasteiger partial charge < -0.3 is 4.74 Å². The molecule has 2 N–H and O–H groups in total. The van der Waals surface area contributed by atoms with E-state index < -0.39 is 6.42 Å². The molecule has 0 spiro atoms. The molecule has 0 bridgehead atoms. The molecule has 6 heteroatoms. The lowest BCUT2D eigenvalue weighted by atomic mass is 10.4. The Balaban J connectivity index is 0.000000162. The smallest absolute Gasteiger partial charge is 0.381 e. The summed E-state index contributed by atoms with van der Waals surface area (Å²) in [5.41, 5.74) is 0. The van der Waals surface area contributed by atoms with Crippen molar-refractivity contribution < 1.29 is 14.5 Å². The van der Waals surface area contributed by atoms with Crippen molar-refractivity contribution in [2.24, 2.45) is 0 Å². The van der Waals surface area contributed by atoms with Gasteiger partial charge in [0.2, 0.25) is 0 Å². The van der Waals surface area contributed by atoms with E-state index in [-0.39, 0.29) is 0 Å². The van der Waals surface area contributed by atoms with Gasteiger partial charge in [-0.2, -0.15) is 9.79 Å². The lowest BCUT2D eigenvalue weighted by Gasteiger charge is -1.79. The molecule has 1 rings (SSSR count). The molecule has 0 unspecified atom stereocenters. The van der Waals surface area contributed by atoms with Crippen LogP contribution in [-0.4, -0.2) is 23.0 Å². The minimum Gasteiger partial charge on any atom is -0.381 e. The average molecular weight is 208 g/mol. The second kappa shape index (κ2) is 5.53. The van der Waals surface area contributed by atoms with Crippen LogP contribution in [0.4, 0.5) is 0 Å². The van der Waals surface area contributed by atoms with Crippen molar-refractivity contribution >= 4 is 28.9 Å². The molecule has 0 aromatic heterocycles. The molecule has 0 aliphatic carbocycles. The first kappa shape index (κ1) is 10.9. The maximum Gasteiger partial charge on any atom is 0.472 e. The Bertz CT molecular complexity index is 67.5. The van der Waals surface area contributed by atoms with Crippen LogP contribution < -0.4 is 0 Å². The summed E-state index contributed by atoms with van der Waals surface area (Å²) in [6.07, 6.45) is -0.889. The van der Waals surface area contributed by atoms with E-state index in [1.165, 1.54) is 12.8 Å². The van der Waals surface area contributed by atoms with E-state index in [9.17, 15) is 0 Å². The highest BCUT2D eigenvalue weighted by atomic mass is 35.9. The van der Waals surface area contributed by atoms with Crippen LogP contribution in [0.2, 0.25) is 0 Å². The quantitative estimate of drug-likeness (QED) is 0.598. The summed E-state index contributed by atoms with van der Waals surface area (Å²) in [4.78, 5) is 15.4. The fraction of sp³-hybridized carbons (Fsp3) is 1.00. The van der Waals surface area contributed by atoms with Crippen molar-refractivity contribution in [1.29, 1.82) is 0 Å². The van der Waals surface area contributed by atoms with Crippen molar-refractivity contribution in [2.45, 2.75) is 12.8 Å². The van der Waals surface area contributed by atoms with Gasteiger partial charge in [-0.15, -0.1) is 0 Å². The van der Waals surface area contributed by atoms with Gasteiger partial charge in [0.25, 0.3) is 0 Å². The number of hydrogen-bond acceptors (Lipinski definition) is 3. The van der Waals surface area contributed by atoms with Crippen LogP contribution in [0.25, 0.3) is 0 Å². The van der Waals surface area contributed by atoms with E-state index in [0.717, 1.165) is 13.2 Å². The average Bonchev–Trinajstić information content (AvgIpc) is 2.07. The van der Waals surface area contributed by atoms with E-state index in [0.29, 0.717) is 0 Å². The second-order valence-electron chi connectivity index (χ2n) is 1.78. The molecular weight excluding hydrogens is 198 g/mol. The minimum atomic E-state index is -3.44. The highest BCUT2D eigenvalue weighted by Crippen LogP contribution is 2.60. The van der Waals surface area contributed by atoms with Crippen LogP contribution in [0.5, 0.6) is 0 Å². The normalized spacial score (nSPS) is 18.0. The zero-order valence-electron chi connectivity index (χ0n) is 5.33. The first-order valence-electron chi connectivity index (χ1n) is 2.82. The summed E-state index contributed by atoms with van der Waals surface area (Å²) < 4.78 is 4.94. The maximum atomic E-state index is 7.72. The lowest BCUT2D eigenvalue weighted by Crippen LogP contribution is -1.74. The summed E-state index contributed by atoms with van der Waals surface area (Å²) in [5, 5.41) is 0. The van der Waals surface area contributed by atoms with Gasteiger partial charge in [-0.3, -0.25) is 0 Å². The van der Waals surface area contributed by atoms with Gasteiger partial charge in [0.1, 0.15) is 0 Å². The van der Waals surface area contributed by atoms with Crippen LogP contribution in [0, 0.1) is 0 Å². The Kier molecular flexibility index (Phi) is 6.02. The molecule has 10 heavy (non-hydrogen) atoms. The first-order valence-corrected chi connectivity index (χ1v) is 6.32. The summed E-state index contributed by atoms with van der Waals surface area (Å²) >= 11 is 9.04. The molecule has 62 valence electrons. The van der Waals surface area contributed by atoms with E-state index in [2.05, 4.69) is 22.5 Å². The van der Waals surface area contributed by atoms with Crippen LogP contribution in [0.15, 0.2) is 0 Å². The Hall–Kier alpha value is 0.890. The highest BCUT2D eigenvalue weighted by Gasteiger charge is 2.26. The van der Waals surface area contributed by atoms with E-state index in [1.807, 2.05) is 0 Å². The highest BCUT2D eigenvalue weighted by molar-refractivity contribution is 8.09. The Labute approximate surface area is 70.0 Å². The predicted molar refractivity (Wildman–Crippen MR) is 43.1 cm³/mol. The molecule has 3 nitrogen and oxygen atoms in total. The lowest BCUT2D eigenvalue weighted by molar-refractivity contribution is 0.198. The number of hydrogen-bond donors (Lipinski definition) is 2. The molecule has 0 aromatic carbocycles. The number of ether oxygens (including phenoxy) is 1. The molecule has 0 amide bonds. The summed E-state index contributed by atoms with van der Waals surface area (Å²) in [5.74, 6) is 0. The molecule has 0 radical (unpaired) electrons. The molecule has 1 aliphatic rings. The monoisotopic (exact) mass is 207 g/mol. The van der Waals surface area contributed by atoms with Gasteiger partial charge in [-0.05, 0) is 12.8 Å². The second-order valence-corrected chi connectivity index (χ2v) is 6.03. The third kappa shape index (κ3) is 16.0. The largest absolute Gasteiger partial charge is 0.472 e. The molecular formula is C4H10Cl2O3P+. The van der Waals surface area contributed by atoms with Gasteiger partial charge >= 0.3 is 6.42 Å². The van der Waals surface area contributed by atoms with E-state index in [4.69, 9.17) is 14.5 Å². The SMILES string of the molecule is C1CCOC1.O[P+](O)(Cl)Cl. The molecule has 1 saturated heterocycles. The van der Waals surface area contributed by atoms with Gasteiger partial charge in [-0.1, -0.05) is 0 Å². The van der Waals surface area contributed by atoms with Gasteiger partial charge in [0.05, 0.1) is 0 Å². The van der Waals surface area contributed by atoms with Crippen LogP contribution in [0.3, 0.4) is 0 Å². The number of halogens is 2. The third-order valence-corrected chi connectivity index (χ3v) is 0.827. The zero-order valence-corrected chi connectivity index (χ0v) is 7.74. The molecule has 0 saturated carbocycles. The fourth-order valence-corrected chi connectivity index (χ4v) is 0.510. The first-order chi connectivity index (χ1) is 4.50. The van der Waals surface area contributed by atoms with Crippen molar-refractivity contribution in [2.75, 3.05) is 13.2 Å². The fourth-order valence-electron chi connectivity index (χ4n) is 0.510. The molecule has 1 heterocycles. The Morgan fingerprint density at radius 1 is 1.10 bits per heavy atom. The summed E-state index contributed by atoms with van der Waals surface area (Å²) in [6, 6.07) is 0. The van der Waals surface area contributed by atoms with Gasteiger partial charge in [0.15, 0.2) is 22.5 Å². The molecule has 1 fully saturated rings. The van der Waals surface area contributed by atoms with Gasteiger partial charge in [0, 0.05) is 13.2 Å². The maximum absolute atomic E-state index is 7.72. The Morgan fingerprint density at radius 3 is 1.50 bits per heavy atom. The standard InChI is InChI=1S/C4H8O.Cl2H2O2P/c1-2-4-5-3-1;1-5(2,3)4/h1-4H2;3-4H/q;+1. The van der Waals surface area contributed by atoms with Crippen molar-refractivity contribution in [3.63, 3.8) is 0 Å². The number of rotatable bonds is 0.